The van der Waals surface area contributed by atoms with Crippen LogP contribution in [-0.2, 0) is 13.1 Å². The molecule has 0 spiro atoms. The predicted octanol–water partition coefficient (Wildman–Crippen LogP) is 2.28. The lowest BCUT2D eigenvalue weighted by molar-refractivity contribution is 0.684. The molecule has 1 saturated carbocycles. The lowest BCUT2D eigenvalue weighted by Crippen LogP contribution is -2.14. The van der Waals surface area contributed by atoms with Crippen LogP contribution in [0.3, 0.4) is 0 Å². The quantitative estimate of drug-likeness (QED) is 0.882. The molecule has 0 bridgehead atoms. The summed E-state index contributed by atoms with van der Waals surface area (Å²) in [5, 5.41) is 4.63. The van der Waals surface area contributed by atoms with Crippen LogP contribution in [0.25, 0.3) is 10.6 Å². The van der Waals surface area contributed by atoms with E-state index < -0.39 is 0 Å². The molecule has 17 heavy (non-hydrogen) atoms. The maximum Gasteiger partial charge on any atom is 0.107 e. The normalized spacial score (nSPS) is 15.4. The third kappa shape index (κ3) is 2.56. The second-order valence-corrected chi connectivity index (χ2v) is 5.48. The second kappa shape index (κ2) is 4.58. The lowest BCUT2D eigenvalue weighted by atomic mass is 10.4. The van der Waals surface area contributed by atoms with Gasteiger partial charge in [0.15, 0.2) is 0 Å². The number of nitrogens with one attached hydrogen (secondary N) is 1. The van der Waals surface area contributed by atoms with Gasteiger partial charge in [-0.25, -0.2) is 9.97 Å². The monoisotopic (exact) mass is 248 g/mol. The molecular formula is C12H16N4S. The van der Waals surface area contributed by atoms with Crippen LogP contribution in [0.15, 0.2) is 18.7 Å². The van der Waals surface area contributed by atoms with E-state index in [1.54, 1.807) is 11.3 Å². The van der Waals surface area contributed by atoms with Gasteiger partial charge >= 0.3 is 0 Å². The Balaban J connectivity index is 1.69. The van der Waals surface area contributed by atoms with Crippen molar-refractivity contribution in [3.05, 3.63) is 23.7 Å². The van der Waals surface area contributed by atoms with Gasteiger partial charge in [-0.15, -0.1) is 11.3 Å². The van der Waals surface area contributed by atoms with Gasteiger partial charge in [0, 0.05) is 31.5 Å². The number of hydrogen-bond acceptors (Lipinski definition) is 4. The summed E-state index contributed by atoms with van der Waals surface area (Å²) >= 11 is 1.73. The maximum absolute atomic E-state index is 4.43. The highest BCUT2D eigenvalue weighted by Gasteiger charge is 2.20. The summed E-state index contributed by atoms with van der Waals surface area (Å²) < 4.78 is 2.08. The number of nitrogens with zero attached hydrogens (tertiary/aromatic N) is 3. The fraction of sp³-hybridized carbons (Fsp3) is 0.500. The van der Waals surface area contributed by atoms with E-state index in [2.05, 4.69) is 33.0 Å². The Kier molecular flexibility index (Phi) is 2.94. The molecule has 0 atom stereocenters. The van der Waals surface area contributed by atoms with Gasteiger partial charge in [0.1, 0.15) is 5.01 Å². The van der Waals surface area contributed by atoms with E-state index in [0.717, 1.165) is 34.7 Å². The summed E-state index contributed by atoms with van der Waals surface area (Å²) in [6, 6.07) is 0.738. The van der Waals surface area contributed by atoms with Gasteiger partial charge in [-0.3, -0.25) is 0 Å². The summed E-state index contributed by atoms with van der Waals surface area (Å²) in [5.41, 5.74) is 1.03. The van der Waals surface area contributed by atoms with E-state index >= 15 is 0 Å². The minimum Gasteiger partial charge on any atom is -0.337 e. The Bertz CT molecular complexity index is 498. The van der Waals surface area contributed by atoms with E-state index in [4.69, 9.17) is 0 Å². The molecule has 90 valence electrons. The van der Waals surface area contributed by atoms with Crippen LogP contribution in [0.2, 0.25) is 0 Å². The maximum atomic E-state index is 4.43. The summed E-state index contributed by atoms with van der Waals surface area (Å²) in [7, 11) is 0. The van der Waals surface area contributed by atoms with Crippen molar-refractivity contribution in [3.8, 4) is 10.6 Å². The SMILES string of the molecule is CCn1cnc(-c2cnc(CNC3CC3)s2)c1. The Morgan fingerprint density at radius 1 is 1.47 bits per heavy atom. The van der Waals surface area contributed by atoms with Gasteiger partial charge in [-0.05, 0) is 19.8 Å². The van der Waals surface area contributed by atoms with Crippen molar-refractivity contribution in [2.75, 3.05) is 0 Å². The molecule has 0 saturated heterocycles. The topological polar surface area (TPSA) is 42.7 Å². The van der Waals surface area contributed by atoms with Gasteiger partial charge in [-0.1, -0.05) is 0 Å². The zero-order valence-electron chi connectivity index (χ0n) is 9.89. The highest BCUT2D eigenvalue weighted by molar-refractivity contribution is 7.15. The van der Waals surface area contributed by atoms with Crippen LogP contribution in [-0.4, -0.2) is 20.6 Å². The second-order valence-electron chi connectivity index (χ2n) is 4.36. The molecule has 4 nitrogen and oxygen atoms in total. The molecule has 1 aliphatic carbocycles. The summed E-state index contributed by atoms with van der Waals surface area (Å²) in [6.07, 6.45) is 8.51. The molecule has 2 aromatic rings. The zero-order chi connectivity index (χ0) is 11.7. The van der Waals surface area contributed by atoms with Crippen molar-refractivity contribution in [3.63, 3.8) is 0 Å². The molecule has 0 unspecified atom stereocenters. The first-order valence-corrected chi connectivity index (χ1v) is 6.87. The molecule has 0 amide bonds. The average Bonchev–Trinajstić information content (AvgIpc) is 2.89. The average molecular weight is 248 g/mol. The van der Waals surface area contributed by atoms with Crippen LogP contribution in [0.4, 0.5) is 0 Å². The molecule has 1 aliphatic rings. The third-order valence-corrected chi connectivity index (χ3v) is 3.94. The van der Waals surface area contributed by atoms with Crippen molar-refractivity contribution in [2.45, 2.75) is 38.9 Å². The first-order valence-electron chi connectivity index (χ1n) is 6.05. The van der Waals surface area contributed by atoms with E-state index in [9.17, 15) is 0 Å². The molecule has 1 N–H and O–H groups in total. The van der Waals surface area contributed by atoms with Crippen LogP contribution in [0.5, 0.6) is 0 Å². The van der Waals surface area contributed by atoms with Gasteiger partial charge in [-0.2, -0.15) is 0 Å². The molecule has 0 aliphatic heterocycles. The van der Waals surface area contributed by atoms with Gasteiger partial charge in [0.05, 0.1) is 16.9 Å². The Labute approximate surface area is 105 Å². The Morgan fingerprint density at radius 3 is 3.06 bits per heavy atom. The largest absolute Gasteiger partial charge is 0.337 e. The smallest absolute Gasteiger partial charge is 0.107 e. The van der Waals surface area contributed by atoms with Crippen molar-refractivity contribution >= 4 is 11.3 Å². The van der Waals surface area contributed by atoms with E-state index in [1.807, 2.05) is 12.5 Å². The zero-order valence-corrected chi connectivity index (χ0v) is 10.7. The standard InChI is InChI=1S/C12H16N4S/c1-2-16-7-10(15-8-16)11-5-14-12(17-11)6-13-9-3-4-9/h5,7-9,13H,2-4,6H2,1H3. The Morgan fingerprint density at radius 2 is 2.35 bits per heavy atom. The molecule has 5 heteroatoms. The lowest BCUT2D eigenvalue weighted by Gasteiger charge is -1.96. The molecular weight excluding hydrogens is 232 g/mol. The number of hydrogen-bond donors (Lipinski definition) is 1. The molecule has 2 aromatic heterocycles. The fourth-order valence-corrected chi connectivity index (χ4v) is 2.52. The van der Waals surface area contributed by atoms with Crippen molar-refractivity contribution in [2.24, 2.45) is 0 Å². The first-order chi connectivity index (χ1) is 8.35. The molecule has 1 fully saturated rings. The van der Waals surface area contributed by atoms with Crippen molar-refractivity contribution in [1.29, 1.82) is 0 Å². The van der Waals surface area contributed by atoms with Crippen LogP contribution < -0.4 is 5.32 Å². The highest BCUT2D eigenvalue weighted by Crippen LogP contribution is 2.25. The molecule has 3 rings (SSSR count). The highest BCUT2D eigenvalue weighted by atomic mass is 32.1. The number of thiazole rings is 1. The number of aryl methyl sites for hydroxylation is 1. The molecule has 0 aromatic carbocycles. The molecule has 2 heterocycles. The van der Waals surface area contributed by atoms with Gasteiger partial charge in [0.25, 0.3) is 0 Å². The van der Waals surface area contributed by atoms with Crippen molar-refractivity contribution < 1.29 is 0 Å². The van der Waals surface area contributed by atoms with Gasteiger partial charge in [0.2, 0.25) is 0 Å². The minimum atomic E-state index is 0.738. The third-order valence-electron chi connectivity index (χ3n) is 2.92. The van der Waals surface area contributed by atoms with Crippen LogP contribution in [0, 0.1) is 0 Å². The first kappa shape index (κ1) is 10.9. The summed E-state index contributed by atoms with van der Waals surface area (Å²) in [5.74, 6) is 0. The number of imidazole rings is 1. The fourth-order valence-electron chi connectivity index (χ4n) is 1.69. The summed E-state index contributed by atoms with van der Waals surface area (Å²) in [4.78, 5) is 9.98. The van der Waals surface area contributed by atoms with Crippen LogP contribution in [0.1, 0.15) is 24.8 Å². The van der Waals surface area contributed by atoms with Gasteiger partial charge < -0.3 is 9.88 Å². The predicted molar refractivity (Wildman–Crippen MR) is 68.9 cm³/mol. The van der Waals surface area contributed by atoms with Crippen molar-refractivity contribution in [1.82, 2.24) is 19.9 Å². The van der Waals surface area contributed by atoms with E-state index in [0.29, 0.717) is 0 Å². The molecule has 0 radical (unpaired) electrons. The van der Waals surface area contributed by atoms with E-state index in [1.165, 1.54) is 12.8 Å². The minimum absolute atomic E-state index is 0.738. The number of rotatable bonds is 5. The van der Waals surface area contributed by atoms with E-state index in [-0.39, 0.29) is 0 Å². The summed E-state index contributed by atoms with van der Waals surface area (Å²) in [6.45, 7) is 3.97. The Hall–Kier alpha value is -1.20. The van der Waals surface area contributed by atoms with Crippen LogP contribution >= 0.6 is 11.3 Å². The number of aromatic nitrogens is 3.